The smallest absolute Gasteiger partial charge is 0.244 e. The summed E-state index contributed by atoms with van der Waals surface area (Å²) < 4.78 is 27.9. The van der Waals surface area contributed by atoms with Crippen molar-refractivity contribution in [3.05, 3.63) is 11.4 Å². The van der Waals surface area contributed by atoms with Gasteiger partial charge in [-0.25, -0.2) is 13.1 Å². The summed E-state index contributed by atoms with van der Waals surface area (Å²) in [5.74, 6) is 0.486. The molecule has 2 aliphatic carbocycles. The molecule has 0 radical (unpaired) electrons. The topological polar surface area (TPSA) is 86.9 Å². The summed E-state index contributed by atoms with van der Waals surface area (Å²) in [6.07, 6.45) is 7.03. The number of nitrogens with one attached hydrogen (secondary N) is 3. The Morgan fingerprint density at radius 2 is 1.95 bits per heavy atom. The van der Waals surface area contributed by atoms with Crippen molar-refractivity contribution in [2.24, 2.45) is 5.92 Å². The van der Waals surface area contributed by atoms with Crippen LogP contribution >= 0.6 is 0 Å². The summed E-state index contributed by atoms with van der Waals surface area (Å²) in [6.45, 7) is 2.81. The monoisotopic (exact) mass is 312 g/mol. The standard InChI is InChI=1S/C14H24N4O2S/c1-10-14(13(18-17-10)9-15-12-6-7-12)21(19,20)16-8-11-4-2-3-5-11/h11-12,15-16H,2-9H2,1H3,(H,17,18). The molecule has 0 spiro atoms. The van der Waals surface area contributed by atoms with E-state index < -0.39 is 10.0 Å². The first kappa shape index (κ1) is 15.0. The first-order chi connectivity index (χ1) is 10.1. The lowest BCUT2D eigenvalue weighted by Gasteiger charge is -2.12. The molecule has 0 saturated heterocycles. The van der Waals surface area contributed by atoms with Gasteiger partial charge in [0, 0.05) is 19.1 Å². The van der Waals surface area contributed by atoms with Crippen LogP contribution in [-0.2, 0) is 16.6 Å². The minimum Gasteiger partial charge on any atom is -0.308 e. The first-order valence-corrected chi connectivity index (χ1v) is 9.31. The summed E-state index contributed by atoms with van der Waals surface area (Å²) >= 11 is 0. The van der Waals surface area contributed by atoms with Crippen LogP contribution < -0.4 is 10.0 Å². The van der Waals surface area contributed by atoms with Gasteiger partial charge in [0.25, 0.3) is 0 Å². The van der Waals surface area contributed by atoms with Gasteiger partial charge in [-0.15, -0.1) is 0 Å². The van der Waals surface area contributed by atoms with Gasteiger partial charge in [0.05, 0.1) is 11.4 Å². The maximum atomic E-state index is 12.6. The number of rotatable bonds is 7. The maximum Gasteiger partial charge on any atom is 0.244 e. The van der Waals surface area contributed by atoms with E-state index >= 15 is 0 Å². The van der Waals surface area contributed by atoms with E-state index in [0.717, 1.165) is 12.8 Å². The predicted octanol–water partition coefficient (Wildman–Crippen LogP) is 1.44. The van der Waals surface area contributed by atoms with Crippen molar-refractivity contribution < 1.29 is 8.42 Å². The lowest BCUT2D eigenvalue weighted by molar-refractivity contribution is 0.518. The molecule has 2 fully saturated rings. The van der Waals surface area contributed by atoms with E-state index in [1.165, 1.54) is 25.7 Å². The second kappa shape index (κ2) is 6.06. The minimum atomic E-state index is -3.48. The Morgan fingerprint density at radius 1 is 1.24 bits per heavy atom. The molecule has 0 aliphatic heterocycles. The zero-order chi connectivity index (χ0) is 14.9. The van der Waals surface area contributed by atoms with E-state index in [9.17, 15) is 8.42 Å². The summed E-state index contributed by atoms with van der Waals surface area (Å²) in [6, 6.07) is 0.531. The van der Waals surface area contributed by atoms with Crippen molar-refractivity contribution in [1.82, 2.24) is 20.2 Å². The van der Waals surface area contributed by atoms with E-state index in [-0.39, 0.29) is 0 Å². The molecule has 3 rings (SSSR count). The Labute approximate surface area is 126 Å². The van der Waals surface area contributed by atoms with Crippen LogP contribution in [0.5, 0.6) is 0 Å². The van der Waals surface area contributed by atoms with Crippen molar-refractivity contribution in [2.45, 2.75) is 62.9 Å². The summed E-state index contributed by atoms with van der Waals surface area (Å²) in [7, 11) is -3.48. The van der Waals surface area contributed by atoms with Gasteiger partial charge in [0.1, 0.15) is 4.90 Å². The second-order valence-electron chi connectivity index (χ2n) is 6.28. The van der Waals surface area contributed by atoms with Gasteiger partial charge in [-0.3, -0.25) is 5.10 Å². The van der Waals surface area contributed by atoms with E-state index in [2.05, 4.69) is 20.2 Å². The van der Waals surface area contributed by atoms with E-state index in [1.807, 2.05) is 0 Å². The number of aryl methyl sites for hydroxylation is 1. The molecule has 21 heavy (non-hydrogen) atoms. The number of hydrogen-bond acceptors (Lipinski definition) is 4. The van der Waals surface area contributed by atoms with E-state index in [1.54, 1.807) is 6.92 Å². The number of nitrogens with zero attached hydrogens (tertiary/aromatic N) is 1. The number of H-pyrrole nitrogens is 1. The Kier molecular flexibility index (Phi) is 4.33. The Morgan fingerprint density at radius 3 is 2.62 bits per heavy atom. The normalized spacial score (nSPS) is 20.2. The SMILES string of the molecule is Cc1[nH]nc(CNC2CC2)c1S(=O)(=O)NCC1CCCC1. The highest BCUT2D eigenvalue weighted by Crippen LogP contribution is 2.25. The first-order valence-electron chi connectivity index (χ1n) is 7.83. The van der Waals surface area contributed by atoms with Gasteiger partial charge < -0.3 is 5.32 Å². The highest BCUT2D eigenvalue weighted by atomic mass is 32.2. The molecule has 118 valence electrons. The largest absolute Gasteiger partial charge is 0.308 e. The van der Waals surface area contributed by atoms with Crippen molar-refractivity contribution in [1.29, 1.82) is 0 Å². The van der Waals surface area contributed by atoms with Crippen molar-refractivity contribution >= 4 is 10.0 Å². The van der Waals surface area contributed by atoms with Crippen LogP contribution in [0.15, 0.2) is 4.90 Å². The molecule has 2 aliphatic rings. The lowest BCUT2D eigenvalue weighted by atomic mass is 10.1. The molecule has 0 aromatic carbocycles. The average Bonchev–Trinajstić information content (AvgIpc) is 2.97. The van der Waals surface area contributed by atoms with Crippen LogP contribution in [0, 0.1) is 12.8 Å². The molecule has 3 N–H and O–H groups in total. The molecule has 6 nitrogen and oxygen atoms in total. The molecule has 0 bridgehead atoms. The lowest BCUT2D eigenvalue weighted by Crippen LogP contribution is -2.30. The van der Waals surface area contributed by atoms with Gasteiger partial charge in [-0.1, -0.05) is 12.8 Å². The molecule has 0 amide bonds. The molecular weight excluding hydrogens is 288 g/mol. The van der Waals surface area contributed by atoms with Crippen LogP contribution in [0.3, 0.4) is 0 Å². The number of aromatic nitrogens is 2. The molecule has 0 atom stereocenters. The molecule has 1 aromatic heterocycles. The second-order valence-corrected chi connectivity index (χ2v) is 7.99. The van der Waals surface area contributed by atoms with Crippen molar-refractivity contribution in [3.63, 3.8) is 0 Å². The highest BCUT2D eigenvalue weighted by Gasteiger charge is 2.27. The third-order valence-electron chi connectivity index (χ3n) is 4.40. The van der Waals surface area contributed by atoms with Gasteiger partial charge >= 0.3 is 0 Å². The van der Waals surface area contributed by atoms with E-state index in [0.29, 0.717) is 41.3 Å². The molecular formula is C14H24N4O2S. The molecule has 7 heteroatoms. The van der Waals surface area contributed by atoms with E-state index in [4.69, 9.17) is 0 Å². The summed E-state index contributed by atoms with van der Waals surface area (Å²) in [5, 5.41) is 10.3. The number of hydrogen-bond donors (Lipinski definition) is 3. The van der Waals surface area contributed by atoms with Crippen LogP contribution in [0.2, 0.25) is 0 Å². The van der Waals surface area contributed by atoms with Gasteiger partial charge in [-0.2, -0.15) is 5.10 Å². The third-order valence-corrected chi connectivity index (χ3v) is 6.03. The number of aromatic amines is 1. The fourth-order valence-corrected chi connectivity index (χ4v) is 4.46. The van der Waals surface area contributed by atoms with Crippen molar-refractivity contribution in [2.75, 3.05) is 6.54 Å². The molecule has 2 saturated carbocycles. The minimum absolute atomic E-state index is 0.327. The fraction of sp³-hybridized carbons (Fsp3) is 0.786. The Bertz CT molecular complexity index is 586. The summed E-state index contributed by atoms with van der Waals surface area (Å²) in [5.41, 5.74) is 1.21. The quantitative estimate of drug-likeness (QED) is 0.711. The summed E-state index contributed by atoms with van der Waals surface area (Å²) in [4.78, 5) is 0.327. The third kappa shape index (κ3) is 3.64. The van der Waals surface area contributed by atoms with Crippen LogP contribution in [0.1, 0.15) is 49.9 Å². The Hall–Kier alpha value is -0.920. The van der Waals surface area contributed by atoms with Crippen LogP contribution in [0.4, 0.5) is 0 Å². The molecule has 0 unspecified atom stereocenters. The zero-order valence-corrected chi connectivity index (χ0v) is 13.3. The molecule has 1 heterocycles. The fourth-order valence-electron chi connectivity index (χ4n) is 2.99. The number of sulfonamides is 1. The predicted molar refractivity (Wildman–Crippen MR) is 80.3 cm³/mol. The van der Waals surface area contributed by atoms with Crippen LogP contribution in [0.25, 0.3) is 0 Å². The van der Waals surface area contributed by atoms with Crippen LogP contribution in [-0.4, -0.2) is 31.2 Å². The molecule has 1 aromatic rings. The highest BCUT2D eigenvalue weighted by molar-refractivity contribution is 7.89. The zero-order valence-electron chi connectivity index (χ0n) is 12.5. The average molecular weight is 312 g/mol. The van der Waals surface area contributed by atoms with Crippen molar-refractivity contribution in [3.8, 4) is 0 Å². The van der Waals surface area contributed by atoms with Gasteiger partial charge in [0.15, 0.2) is 0 Å². The maximum absolute atomic E-state index is 12.6. The van der Waals surface area contributed by atoms with Gasteiger partial charge in [-0.05, 0) is 38.5 Å². The van der Waals surface area contributed by atoms with Gasteiger partial charge in [0.2, 0.25) is 10.0 Å². The Balaban J connectivity index is 1.68.